The van der Waals surface area contributed by atoms with Crippen LogP contribution >= 0.6 is 0 Å². The number of phenols is 1. The Hall–Kier alpha value is -1.88. The second kappa shape index (κ2) is 4.16. The summed E-state index contributed by atoms with van der Waals surface area (Å²) in [6.07, 6.45) is -3.52. The molecule has 3 aliphatic heterocycles. The van der Waals surface area contributed by atoms with Gasteiger partial charge in [-0.3, -0.25) is 9.59 Å². The second-order valence-electron chi connectivity index (χ2n) is 7.43. The summed E-state index contributed by atoms with van der Waals surface area (Å²) in [5.74, 6) is -5.78. The van der Waals surface area contributed by atoms with Crippen LogP contribution in [-0.4, -0.2) is 73.1 Å². The van der Waals surface area contributed by atoms with E-state index in [4.69, 9.17) is 14.2 Å². The molecule has 1 aliphatic carbocycles. The summed E-state index contributed by atoms with van der Waals surface area (Å²) < 4.78 is 16.4. The number of phenolic OH excluding ortho intramolecular Hbond substituents is 1. The van der Waals surface area contributed by atoms with Gasteiger partial charge in [-0.2, -0.15) is 0 Å². The molecule has 3 fully saturated rings. The Morgan fingerprint density at radius 1 is 1.08 bits per heavy atom. The third-order valence-corrected chi connectivity index (χ3v) is 6.29. The number of ketones is 2. The largest absolute Gasteiger partial charge is 0.507 e. The van der Waals surface area contributed by atoms with Crippen LogP contribution in [0.25, 0.3) is 0 Å². The van der Waals surface area contributed by atoms with Crippen molar-refractivity contribution in [2.24, 2.45) is 0 Å². The molecule has 0 saturated carbocycles. The van der Waals surface area contributed by atoms with Gasteiger partial charge >= 0.3 is 0 Å². The Balaban J connectivity index is 1.77. The summed E-state index contributed by atoms with van der Waals surface area (Å²) in [6, 6.07) is 3.76. The molecule has 7 atom stereocenters. The Kier molecular flexibility index (Phi) is 2.61. The molecule has 0 radical (unpaired) electrons. The van der Waals surface area contributed by atoms with Gasteiger partial charge in [0.1, 0.15) is 17.5 Å². The van der Waals surface area contributed by atoms with Gasteiger partial charge in [0.15, 0.2) is 11.9 Å². The molecular weight excluding hydrogens is 348 g/mol. The molecule has 26 heavy (non-hydrogen) atoms. The second-order valence-corrected chi connectivity index (χ2v) is 7.43. The van der Waals surface area contributed by atoms with E-state index in [2.05, 4.69) is 0 Å². The Bertz CT molecular complexity index is 898. The lowest BCUT2D eigenvalue weighted by atomic mass is 9.67. The van der Waals surface area contributed by atoms with E-state index in [9.17, 15) is 30.0 Å². The molecule has 9 nitrogen and oxygen atoms in total. The summed E-state index contributed by atoms with van der Waals surface area (Å²) in [7, 11) is 0. The number of carbonyl (C=O) groups excluding carboxylic acids is 2. The number of fused-ring (bicyclic) bond motifs is 6. The van der Waals surface area contributed by atoms with Crippen LogP contribution in [-0.2, 0) is 14.2 Å². The Labute approximate surface area is 146 Å². The molecule has 4 N–H and O–H groups in total. The van der Waals surface area contributed by atoms with Crippen molar-refractivity contribution in [3.63, 3.8) is 0 Å². The van der Waals surface area contributed by atoms with E-state index in [1.54, 1.807) is 0 Å². The highest BCUT2D eigenvalue weighted by atomic mass is 16.8. The molecule has 3 saturated heterocycles. The predicted molar refractivity (Wildman–Crippen MR) is 80.3 cm³/mol. The minimum Gasteiger partial charge on any atom is -0.507 e. The highest BCUT2D eigenvalue weighted by molar-refractivity contribution is 6.23. The zero-order chi connectivity index (χ0) is 18.9. The van der Waals surface area contributed by atoms with Crippen LogP contribution in [0.15, 0.2) is 18.2 Å². The molecule has 4 aliphatic rings. The number of hydrogen-bond acceptors (Lipinski definition) is 9. The van der Waals surface area contributed by atoms with Gasteiger partial charge in [-0.05, 0) is 19.9 Å². The van der Waals surface area contributed by atoms with Gasteiger partial charge in [0.05, 0.1) is 11.7 Å². The van der Waals surface area contributed by atoms with E-state index in [1.807, 2.05) is 0 Å². The minimum absolute atomic E-state index is 0.265. The average Bonchev–Trinajstić information content (AvgIpc) is 2.89. The lowest BCUT2D eigenvalue weighted by Crippen LogP contribution is -2.72. The van der Waals surface area contributed by atoms with Crippen molar-refractivity contribution in [3.05, 3.63) is 29.3 Å². The summed E-state index contributed by atoms with van der Waals surface area (Å²) in [6.45, 7) is 2.88. The van der Waals surface area contributed by atoms with Crippen molar-refractivity contribution >= 4 is 11.6 Å². The normalized spacial score (nSPS) is 51.3. The topological polar surface area (TPSA) is 143 Å². The SMILES string of the molecule is CC1OC2OC3C(C)(OC4(O)C(=O)c5c(O)cccc5C(=O)C34O)C12O. The van der Waals surface area contributed by atoms with Crippen LogP contribution in [0.1, 0.15) is 34.6 Å². The van der Waals surface area contributed by atoms with Crippen molar-refractivity contribution in [1.82, 2.24) is 0 Å². The van der Waals surface area contributed by atoms with E-state index in [-0.39, 0.29) is 5.56 Å². The predicted octanol–water partition coefficient (Wildman–Crippen LogP) is -1.15. The monoisotopic (exact) mass is 364 g/mol. The standard InChI is InChI=1S/C17H16O9/c1-6-15(21)13(24-6)25-12-14(15,2)26-17(23)11(20)9-7(4-3-5-8(9)18)10(19)16(12,17)22/h3-6,12-13,18,21-23H,1-2H3. The lowest BCUT2D eigenvalue weighted by Gasteiger charge is -2.51. The van der Waals surface area contributed by atoms with Crippen LogP contribution < -0.4 is 0 Å². The van der Waals surface area contributed by atoms with Crippen molar-refractivity contribution in [2.45, 2.75) is 54.9 Å². The van der Waals surface area contributed by atoms with Crippen molar-refractivity contribution in [1.29, 1.82) is 0 Å². The molecule has 7 unspecified atom stereocenters. The Morgan fingerprint density at radius 3 is 2.42 bits per heavy atom. The molecule has 3 heterocycles. The van der Waals surface area contributed by atoms with E-state index < -0.39 is 64.0 Å². The maximum Gasteiger partial charge on any atom is 0.272 e. The van der Waals surface area contributed by atoms with Crippen LogP contribution in [0.5, 0.6) is 5.75 Å². The minimum atomic E-state index is -3.02. The number of carbonyl (C=O) groups is 2. The molecular formula is C17H16O9. The smallest absolute Gasteiger partial charge is 0.272 e. The van der Waals surface area contributed by atoms with Crippen molar-refractivity contribution in [3.8, 4) is 5.75 Å². The number of aromatic hydroxyl groups is 1. The number of benzene rings is 1. The fraction of sp³-hybridized carbons (Fsp3) is 0.529. The van der Waals surface area contributed by atoms with E-state index in [0.717, 1.165) is 0 Å². The molecule has 0 amide bonds. The summed E-state index contributed by atoms with van der Waals surface area (Å²) >= 11 is 0. The molecule has 0 bridgehead atoms. The fourth-order valence-electron chi connectivity index (χ4n) is 4.78. The van der Waals surface area contributed by atoms with Gasteiger partial charge in [0.2, 0.25) is 17.2 Å². The first-order valence-electron chi connectivity index (χ1n) is 8.13. The number of aliphatic hydroxyl groups is 3. The van der Waals surface area contributed by atoms with Gasteiger partial charge < -0.3 is 34.6 Å². The first-order chi connectivity index (χ1) is 12.0. The van der Waals surface area contributed by atoms with Crippen LogP contribution in [0.3, 0.4) is 0 Å². The highest BCUT2D eigenvalue weighted by Crippen LogP contribution is 2.63. The quantitative estimate of drug-likeness (QED) is 0.449. The first kappa shape index (κ1) is 16.3. The molecule has 1 aromatic carbocycles. The Morgan fingerprint density at radius 2 is 1.77 bits per heavy atom. The number of rotatable bonds is 0. The van der Waals surface area contributed by atoms with E-state index in [1.165, 1.54) is 32.0 Å². The van der Waals surface area contributed by atoms with E-state index >= 15 is 0 Å². The van der Waals surface area contributed by atoms with Gasteiger partial charge in [0.25, 0.3) is 5.79 Å². The summed E-state index contributed by atoms with van der Waals surface area (Å²) in [5.41, 5.74) is -7.11. The molecule has 5 rings (SSSR count). The molecule has 0 aromatic heterocycles. The zero-order valence-corrected chi connectivity index (χ0v) is 13.8. The molecule has 138 valence electrons. The van der Waals surface area contributed by atoms with Crippen LogP contribution in [0, 0.1) is 0 Å². The summed E-state index contributed by atoms with van der Waals surface area (Å²) in [5, 5.41) is 43.2. The van der Waals surface area contributed by atoms with Gasteiger partial charge in [0, 0.05) is 5.56 Å². The maximum atomic E-state index is 13.1. The number of hydrogen-bond donors (Lipinski definition) is 4. The average molecular weight is 364 g/mol. The number of Topliss-reactive ketones (excluding diaryl/α,β-unsaturated/α-hetero) is 2. The maximum absolute atomic E-state index is 13.1. The van der Waals surface area contributed by atoms with Crippen molar-refractivity contribution in [2.75, 3.05) is 0 Å². The van der Waals surface area contributed by atoms with Gasteiger partial charge in [-0.1, -0.05) is 12.1 Å². The van der Waals surface area contributed by atoms with E-state index in [0.29, 0.717) is 0 Å². The molecule has 1 aromatic rings. The first-order valence-corrected chi connectivity index (χ1v) is 8.13. The van der Waals surface area contributed by atoms with Crippen LogP contribution in [0.4, 0.5) is 0 Å². The fourth-order valence-corrected chi connectivity index (χ4v) is 4.78. The summed E-state index contributed by atoms with van der Waals surface area (Å²) in [4.78, 5) is 26.0. The lowest BCUT2D eigenvalue weighted by molar-refractivity contribution is -0.384. The van der Waals surface area contributed by atoms with Crippen LogP contribution in [0.2, 0.25) is 0 Å². The highest BCUT2D eigenvalue weighted by Gasteiger charge is 2.89. The zero-order valence-electron chi connectivity index (χ0n) is 13.8. The third-order valence-electron chi connectivity index (χ3n) is 6.29. The van der Waals surface area contributed by atoms with Gasteiger partial charge in [-0.15, -0.1) is 0 Å². The molecule has 9 heteroatoms. The van der Waals surface area contributed by atoms with Gasteiger partial charge in [-0.25, -0.2) is 0 Å². The number of ether oxygens (including phenoxy) is 3. The van der Waals surface area contributed by atoms with Crippen molar-refractivity contribution < 1.29 is 44.2 Å². The molecule has 0 spiro atoms. The third kappa shape index (κ3) is 1.27.